The van der Waals surface area contributed by atoms with Crippen LogP contribution in [0.5, 0.6) is 5.75 Å². The van der Waals surface area contributed by atoms with E-state index in [4.69, 9.17) is 9.84 Å². The van der Waals surface area contributed by atoms with E-state index in [2.05, 4.69) is 15.9 Å². The number of hydrogen-bond acceptors (Lipinski definition) is 2. The van der Waals surface area contributed by atoms with Crippen LogP contribution in [0.25, 0.3) is 0 Å². The normalized spacial score (nSPS) is 21.5. The van der Waals surface area contributed by atoms with E-state index in [1.165, 1.54) is 0 Å². The molecule has 1 aliphatic rings. The third kappa shape index (κ3) is 2.07. The van der Waals surface area contributed by atoms with Crippen LogP contribution in [0.2, 0.25) is 0 Å². The van der Waals surface area contributed by atoms with Crippen molar-refractivity contribution >= 4 is 21.9 Å². The molecule has 1 unspecified atom stereocenters. The fraction of sp³-hybridized carbons (Fsp3) is 0.417. The Balaban J connectivity index is 0.000000606. The SMILES string of the molecule is CC.CC1(C(=O)O)COc2ccc(Br)cc21. The first-order chi connectivity index (χ1) is 7.54. The number of carbonyl (C=O) groups is 1. The van der Waals surface area contributed by atoms with Gasteiger partial charge in [-0.15, -0.1) is 0 Å². The van der Waals surface area contributed by atoms with Gasteiger partial charge in [-0.2, -0.15) is 0 Å². The zero-order chi connectivity index (χ0) is 12.3. The van der Waals surface area contributed by atoms with E-state index < -0.39 is 11.4 Å². The second-order valence-electron chi connectivity index (χ2n) is 3.57. The molecule has 0 radical (unpaired) electrons. The highest BCUT2D eigenvalue weighted by Gasteiger charge is 2.43. The lowest BCUT2D eigenvalue weighted by molar-refractivity contribution is -0.143. The molecule has 1 aromatic rings. The maximum Gasteiger partial charge on any atom is 0.317 e. The first kappa shape index (κ1) is 13.0. The number of halogens is 1. The van der Waals surface area contributed by atoms with Crippen molar-refractivity contribution in [3.63, 3.8) is 0 Å². The summed E-state index contributed by atoms with van der Waals surface area (Å²) in [6.07, 6.45) is 0. The minimum Gasteiger partial charge on any atom is -0.492 e. The zero-order valence-corrected chi connectivity index (χ0v) is 11.2. The summed E-state index contributed by atoms with van der Waals surface area (Å²) < 4.78 is 6.20. The second kappa shape index (κ2) is 4.87. The Hall–Kier alpha value is -1.03. The second-order valence-corrected chi connectivity index (χ2v) is 4.48. The molecule has 0 fully saturated rings. The number of benzene rings is 1. The molecular weight excluding hydrogens is 272 g/mol. The lowest BCUT2D eigenvalue weighted by atomic mass is 9.85. The Morgan fingerprint density at radius 3 is 2.69 bits per heavy atom. The average Bonchev–Trinajstić information content (AvgIpc) is 2.61. The van der Waals surface area contributed by atoms with E-state index in [0.717, 1.165) is 10.0 Å². The highest BCUT2D eigenvalue weighted by Crippen LogP contribution is 2.40. The summed E-state index contributed by atoms with van der Waals surface area (Å²) in [6, 6.07) is 5.43. The molecule has 16 heavy (non-hydrogen) atoms. The molecule has 0 aliphatic carbocycles. The molecule has 0 bridgehead atoms. The molecule has 1 aliphatic heterocycles. The molecule has 0 saturated carbocycles. The number of rotatable bonds is 1. The van der Waals surface area contributed by atoms with E-state index >= 15 is 0 Å². The monoisotopic (exact) mass is 286 g/mol. The number of aliphatic carboxylic acids is 1. The van der Waals surface area contributed by atoms with Crippen molar-refractivity contribution in [1.29, 1.82) is 0 Å². The molecule has 2 rings (SSSR count). The van der Waals surface area contributed by atoms with Gasteiger partial charge in [0.15, 0.2) is 0 Å². The first-order valence-electron chi connectivity index (χ1n) is 5.20. The smallest absolute Gasteiger partial charge is 0.317 e. The Morgan fingerprint density at radius 1 is 1.50 bits per heavy atom. The van der Waals surface area contributed by atoms with Gasteiger partial charge in [-0.05, 0) is 25.1 Å². The minimum absolute atomic E-state index is 0.202. The molecule has 1 atom stereocenters. The van der Waals surface area contributed by atoms with Crippen molar-refractivity contribution < 1.29 is 14.6 Å². The van der Waals surface area contributed by atoms with Gasteiger partial charge in [-0.25, -0.2) is 0 Å². The standard InChI is InChI=1S/C10H9BrO3.C2H6/c1-10(9(12)13)5-14-8-3-2-6(11)4-7(8)10;1-2/h2-4H,5H2,1H3,(H,12,13);1-2H3. The van der Waals surface area contributed by atoms with Gasteiger partial charge in [0.25, 0.3) is 0 Å². The van der Waals surface area contributed by atoms with Crippen molar-refractivity contribution in [3.8, 4) is 5.75 Å². The maximum atomic E-state index is 11.1. The van der Waals surface area contributed by atoms with E-state index in [0.29, 0.717) is 5.75 Å². The van der Waals surface area contributed by atoms with E-state index in [9.17, 15) is 4.79 Å². The first-order valence-corrected chi connectivity index (χ1v) is 5.99. The fourth-order valence-corrected chi connectivity index (χ4v) is 1.90. The third-order valence-corrected chi connectivity index (χ3v) is 3.02. The number of fused-ring (bicyclic) bond motifs is 1. The van der Waals surface area contributed by atoms with Crippen LogP contribution in [0, 0.1) is 0 Å². The molecule has 4 heteroatoms. The molecule has 0 amide bonds. The Labute approximate surface area is 104 Å². The van der Waals surface area contributed by atoms with Gasteiger partial charge >= 0.3 is 5.97 Å². The summed E-state index contributed by atoms with van der Waals surface area (Å²) in [5.41, 5.74) is -0.182. The predicted molar refractivity (Wildman–Crippen MR) is 66.0 cm³/mol. The molecule has 1 heterocycles. The summed E-state index contributed by atoms with van der Waals surface area (Å²) in [7, 11) is 0. The lowest BCUT2D eigenvalue weighted by Gasteiger charge is -2.16. The molecule has 0 spiro atoms. The number of carboxylic acids is 1. The molecule has 0 aromatic heterocycles. The van der Waals surface area contributed by atoms with Crippen molar-refractivity contribution in [2.24, 2.45) is 0 Å². The minimum atomic E-state index is -0.918. The van der Waals surface area contributed by atoms with Gasteiger partial charge in [0, 0.05) is 10.0 Å². The van der Waals surface area contributed by atoms with E-state index in [-0.39, 0.29) is 6.61 Å². The average molecular weight is 287 g/mol. The fourth-order valence-electron chi connectivity index (χ4n) is 1.54. The Morgan fingerprint density at radius 2 is 2.12 bits per heavy atom. The summed E-state index contributed by atoms with van der Waals surface area (Å²) in [5.74, 6) is -0.188. The number of hydrogen-bond donors (Lipinski definition) is 1. The van der Waals surface area contributed by atoms with Gasteiger partial charge in [-0.3, -0.25) is 4.79 Å². The molecule has 3 nitrogen and oxygen atoms in total. The van der Waals surface area contributed by atoms with Crippen LogP contribution in [-0.4, -0.2) is 17.7 Å². The molecular formula is C12H15BrO3. The van der Waals surface area contributed by atoms with Gasteiger partial charge in [0.2, 0.25) is 0 Å². The topological polar surface area (TPSA) is 46.5 Å². The van der Waals surface area contributed by atoms with Gasteiger partial charge in [0.05, 0.1) is 0 Å². The van der Waals surface area contributed by atoms with Crippen molar-refractivity contribution in [2.75, 3.05) is 6.61 Å². The van der Waals surface area contributed by atoms with Crippen LogP contribution < -0.4 is 4.74 Å². The maximum absolute atomic E-state index is 11.1. The quantitative estimate of drug-likeness (QED) is 0.862. The summed E-state index contributed by atoms with van der Waals surface area (Å²) in [6.45, 7) is 5.88. The van der Waals surface area contributed by atoms with Gasteiger partial charge < -0.3 is 9.84 Å². The van der Waals surface area contributed by atoms with Crippen molar-refractivity contribution in [1.82, 2.24) is 0 Å². The van der Waals surface area contributed by atoms with Crippen LogP contribution >= 0.6 is 15.9 Å². The predicted octanol–water partition coefficient (Wildman–Crippen LogP) is 3.21. The largest absolute Gasteiger partial charge is 0.492 e. The third-order valence-electron chi connectivity index (χ3n) is 2.52. The Kier molecular flexibility index (Phi) is 3.97. The zero-order valence-electron chi connectivity index (χ0n) is 9.58. The summed E-state index contributed by atoms with van der Waals surface area (Å²) in [4.78, 5) is 11.1. The van der Waals surface area contributed by atoms with Crippen LogP contribution in [0.3, 0.4) is 0 Å². The number of ether oxygens (including phenoxy) is 1. The summed E-state index contributed by atoms with van der Waals surface area (Å²) in [5, 5.41) is 9.11. The summed E-state index contributed by atoms with van der Waals surface area (Å²) >= 11 is 3.32. The van der Waals surface area contributed by atoms with E-state index in [1.807, 2.05) is 19.9 Å². The van der Waals surface area contributed by atoms with Crippen LogP contribution in [0.4, 0.5) is 0 Å². The van der Waals surface area contributed by atoms with Crippen LogP contribution in [0.15, 0.2) is 22.7 Å². The molecule has 0 saturated heterocycles. The highest BCUT2D eigenvalue weighted by molar-refractivity contribution is 9.10. The van der Waals surface area contributed by atoms with Gasteiger partial charge in [-0.1, -0.05) is 29.8 Å². The van der Waals surface area contributed by atoms with Gasteiger partial charge in [0.1, 0.15) is 17.8 Å². The Bertz CT molecular complexity index is 403. The highest BCUT2D eigenvalue weighted by atomic mass is 79.9. The van der Waals surface area contributed by atoms with Crippen molar-refractivity contribution in [3.05, 3.63) is 28.2 Å². The molecule has 1 N–H and O–H groups in total. The van der Waals surface area contributed by atoms with Crippen LogP contribution in [0.1, 0.15) is 26.3 Å². The van der Waals surface area contributed by atoms with Crippen LogP contribution in [-0.2, 0) is 10.2 Å². The van der Waals surface area contributed by atoms with E-state index in [1.54, 1.807) is 19.1 Å². The molecule has 88 valence electrons. The number of carboxylic acid groups (broad SMARTS) is 1. The van der Waals surface area contributed by atoms with Crippen molar-refractivity contribution in [2.45, 2.75) is 26.2 Å². The lowest BCUT2D eigenvalue weighted by Crippen LogP contribution is -2.33. The molecule has 1 aromatic carbocycles.